The molecule has 0 unspecified atom stereocenters. The zero-order valence-corrected chi connectivity index (χ0v) is 13.0. The molecule has 0 radical (unpaired) electrons. The Balaban J connectivity index is 2.05. The van der Waals surface area contributed by atoms with Gasteiger partial charge in [-0.25, -0.2) is 0 Å². The molecule has 0 saturated carbocycles. The van der Waals surface area contributed by atoms with Gasteiger partial charge < -0.3 is 4.74 Å². The normalized spacial score (nSPS) is 10.3. The summed E-state index contributed by atoms with van der Waals surface area (Å²) in [5.74, 6) is -0.278. The summed E-state index contributed by atoms with van der Waals surface area (Å²) in [5.41, 5.74) is 0.654. The van der Waals surface area contributed by atoms with Gasteiger partial charge in [0.05, 0.1) is 13.0 Å². The van der Waals surface area contributed by atoms with Crippen LogP contribution in [0.25, 0.3) is 0 Å². The van der Waals surface area contributed by atoms with Gasteiger partial charge in [0.2, 0.25) is 0 Å². The van der Waals surface area contributed by atoms with E-state index >= 15 is 0 Å². The number of benzene rings is 1. The first-order chi connectivity index (χ1) is 10.2. The van der Waals surface area contributed by atoms with Crippen molar-refractivity contribution in [2.24, 2.45) is 0 Å². The number of esters is 1. The van der Waals surface area contributed by atoms with Crippen LogP contribution in [0.15, 0.2) is 30.3 Å². The Morgan fingerprint density at radius 1 is 0.905 bits per heavy atom. The van der Waals surface area contributed by atoms with Crippen LogP contribution in [0.3, 0.4) is 0 Å². The van der Waals surface area contributed by atoms with Gasteiger partial charge in [0.25, 0.3) is 0 Å². The Bertz CT molecular complexity index is 412. The summed E-state index contributed by atoms with van der Waals surface area (Å²) in [6, 6.07) is 9.05. The van der Waals surface area contributed by atoms with Gasteiger partial charge in [-0.1, -0.05) is 69.4 Å². The van der Waals surface area contributed by atoms with Crippen molar-refractivity contribution in [3.63, 3.8) is 0 Å². The van der Waals surface area contributed by atoms with E-state index in [1.165, 1.54) is 25.7 Å². The van der Waals surface area contributed by atoms with Crippen LogP contribution in [0.4, 0.5) is 0 Å². The summed E-state index contributed by atoms with van der Waals surface area (Å²) < 4.78 is 5.14. The molecule has 0 amide bonds. The van der Waals surface area contributed by atoms with E-state index in [-0.39, 0.29) is 24.6 Å². The minimum Gasteiger partial charge on any atom is -0.466 e. The molecule has 0 aromatic heterocycles. The monoisotopic (exact) mass is 290 g/mol. The van der Waals surface area contributed by atoms with Crippen LogP contribution in [0, 0.1) is 0 Å². The van der Waals surface area contributed by atoms with E-state index in [0.717, 1.165) is 12.8 Å². The predicted molar refractivity (Wildman–Crippen MR) is 84.3 cm³/mol. The molecule has 0 aliphatic carbocycles. The van der Waals surface area contributed by atoms with Crippen LogP contribution >= 0.6 is 0 Å². The molecule has 3 nitrogen and oxygen atoms in total. The highest BCUT2D eigenvalue weighted by Gasteiger charge is 2.09. The number of hydrogen-bond acceptors (Lipinski definition) is 3. The van der Waals surface area contributed by atoms with Crippen molar-refractivity contribution in [2.75, 3.05) is 6.61 Å². The molecule has 0 spiro atoms. The number of carbonyl (C=O) groups is 2. The number of rotatable bonds is 11. The molecular formula is C18H26O3. The maximum atomic E-state index is 11.8. The summed E-state index contributed by atoms with van der Waals surface area (Å²) in [5, 5.41) is 0. The minimum absolute atomic E-state index is 0.00730. The molecule has 3 heteroatoms. The van der Waals surface area contributed by atoms with Crippen molar-refractivity contribution in [2.45, 2.75) is 58.3 Å². The molecule has 0 heterocycles. The second-order valence-electron chi connectivity index (χ2n) is 5.28. The van der Waals surface area contributed by atoms with Gasteiger partial charge in [-0.15, -0.1) is 0 Å². The van der Waals surface area contributed by atoms with Crippen molar-refractivity contribution in [3.8, 4) is 0 Å². The Labute approximate surface area is 127 Å². The Kier molecular flexibility index (Phi) is 9.18. The molecule has 1 rings (SSSR count). The molecule has 0 bridgehead atoms. The lowest BCUT2D eigenvalue weighted by Gasteiger charge is -2.05. The van der Waals surface area contributed by atoms with Gasteiger partial charge in [-0.05, 0) is 6.42 Å². The Morgan fingerprint density at radius 2 is 1.57 bits per heavy atom. The van der Waals surface area contributed by atoms with Gasteiger partial charge in [0.15, 0.2) is 5.78 Å². The maximum absolute atomic E-state index is 11.8. The molecule has 0 N–H and O–H groups in total. The maximum Gasteiger partial charge on any atom is 0.306 e. The highest BCUT2D eigenvalue weighted by molar-refractivity contribution is 5.97. The van der Waals surface area contributed by atoms with E-state index in [2.05, 4.69) is 6.92 Å². The largest absolute Gasteiger partial charge is 0.466 e. The lowest BCUT2D eigenvalue weighted by Crippen LogP contribution is -2.09. The van der Waals surface area contributed by atoms with Crippen molar-refractivity contribution in [1.82, 2.24) is 0 Å². The van der Waals surface area contributed by atoms with Crippen LogP contribution in [0.1, 0.15) is 68.6 Å². The van der Waals surface area contributed by atoms with E-state index in [1.807, 2.05) is 18.2 Å². The highest BCUT2D eigenvalue weighted by Crippen LogP contribution is 2.07. The van der Waals surface area contributed by atoms with E-state index in [4.69, 9.17) is 4.74 Å². The molecule has 1 aromatic carbocycles. The molecule has 0 aliphatic heterocycles. The fourth-order valence-corrected chi connectivity index (χ4v) is 2.12. The smallest absolute Gasteiger partial charge is 0.306 e. The van der Waals surface area contributed by atoms with Gasteiger partial charge in [-0.2, -0.15) is 0 Å². The molecule has 1 aromatic rings. The number of ether oxygens (including phenoxy) is 1. The van der Waals surface area contributed by atoms with Gasteiger partial charge >= 0.3 is 5.97 Å². The molecule has 21 heavy (non-hydrogen) atoms. The third kappa shape index (κ3) is 8.28. The van der Waals surface area contributed by atoms with Crippen molar-refractivity contribution in [1.29, 1.82) is 0 Å². The number of carbonyl (C=O) groups excluding carboxylic acids is 2. The molecule has 0 saturated heterocycles. The van der Waals surface area contributed by atoms with Crippen molar-refractivity contribution >= 4 is 11.8 Å². The molecule has 0 aliphatic rings. The van der Waals surface area contributed by atoms with E-state index in [0.29, 0.717) is 12.2 Å². The van der Waals surface area contributed by atoms with E-state index in [9.17, 15) is 9.59 Å². The van der Waals surface area contributed by atoms with Crippen molar-refractivity contribution in [3.05, 3.63) is 35.9 Å². The molecular weight excluding hydrogens is 264 g/mol. The second-order valence-corrected chi connectivity index (χ2v) is 5.28. The quantitative estimate of drug-likeness (QED) is 0.341. The lowest BCUT2D eigenvalue weighted by atomic mass is 10.1. The molecule has 0 atom stereocenters. The number of ketones is 1. The summed E-state index contributed by atoms with van der Waals surface area (Å²) in [6.07, 6.45) is 7.40. The standard InChI is InChI=1S/C18H26O3/c1-2-3-4-5-6-10-15-21-18(20)14-13-17(19)16-11-8-7-9-12-16/h7-9,11-12H,2-6,10,13-15H2,1H3. The SMILES string of the molecule is CCCCCCCCOC(=O)CCC(=O)c1ccccc1. The lowest BCUT2D eigenvalue weighted by molar-refractivity contribution is -0.143. The van der Waals surface area contributed by atoms with Crippen LogP contribution in [0.2, 0.25) is 0 Å². The summed E-state index contributed by atoms with van der Waals surface area (Å²) in [6.45, 7) is 2.67. The first-order valence-electron chi connectivity index (χ1n) is 7.98. The fraction of sp³-hybridized carbons (Fsp3) is 0.556. The predicted octanol–water partition coefficient (Wildman–Crippen LogP) is 4.55. The Morgan fingerprint density at radius 3 is 2.29 bits per heavy atom. The summed E-state index contributed by atoms with van der Waals surface area (Å²) in [4.78, 5) is 23.4. The summed E-state index contributed by atoms with van der Waals surface area (Å²) >= 11 is 0. The van der Waals surface area contributed by atoms with Gasteiger partial charge in [0, 0.05) is 12.0 Å². The van der Waals surface area contributed by atoms with Crippen LogP contribution < -0.4 is 0 Å². The zero-order chi connectivity index (χ0) is 15.3. The average Bonchev–Trinajstić information content (AvgIpc) is 2.52. The topological polar surface area (TPSA) is 43.4 Å². The third-order valence-corrected chi connectivity index (χ3v) is 3.41. The first-order valence-corrected chi connectivity index (χ1v) is 7.98. The van der Waals surface area contributed by atoms with E-state index in [1.54, 1.807) is 12.1 Å². The number of hydrogen-bond donors (Lipinski definition) is 0. The third-order valence-electron chi connectivity index (χ3n) is 3.41. The van der Waals surface area contributed by atoms with Crippen LogP contribution in [-0.2, 0) is 9.53 Å². The number of unbranched alkanes of at least 4 members (excludes halogenated alkanes) is 5. The van der Waals surface area contributed by atoms with E-state index < -0.39 is 0 Å². The van der Waals surface area contributed by atoms with Crippen LogP contribution in [0.5, 0.6) is 0 Å². The van der Waals surface area contributed by atoms with Gasteiger partial charge in [-0.3, -0.25) is 9.59 Å². The first kappa shape index (κ1) is 17.4. The van der Waals surface area contributed by atoms with Gasteiger partial charge in [0.1, 0.15) is 0 Å². The average molecular weight is 290 g/mol. The second kappa shape index (κ2) is 11.1. The fourth-order valence-electron chi connectivity index (χ4n) is 2.12. The highest BCUT2D eigenvalue weighted by atomic mass is 16.5. The molecule has 0 fully saturated rings. The minimum atomic E-state index is -0.271. The Hall–Kier alpha value is -1.64. The zero-order valence-electron chi connectivity index (χ0n) is 13.0. The van der Waals surface area contributed by atoms with Crippen LogP contribution in [-0.4, -0.2) is 18.4 Å². The summed E-state index contributed by atoms with van der Waals surface area (Å²) in [7, 11) is 0. The van der Waals surface area contributed by atoms with Crippen molar-refractivity contribution < 1.29 is 14.3 Å². The molecule has 116 valence electrons. The number of Topliss-reactive ketones (excluding diaryl/α,β-unsaturated/α-hetero) is 1.